The molecule has 1 N–H and O–H groups in total. The van der Waals surface area contributed by atoms with Crippen molar-refractivity contribution in [2.75, 3.05) is 14.2 Å². The number of hydrogen-bond donors (Lipinski definition) is 1. The largest absolute Gasteiger partial charge is 0.493 e. The summed E-state index contributed by atoms with van der Waals surface area (Å²) in [4.78, 5) is 12.3. The van der Waals surface area contributed by atoms with Crippen LogP contribution in [-0.4, -0.2) is 26.3 Å². The number of methoxy groups -OCH3 is 2. The Morgan fingerprint density at radius 1 is 0.935 bits per heavy atom. The van der Waals surface area contributed by atoms with E-state index in [1.54, 1.807) is 42.5 Å². The number of hydrogen-bond acceptors (Lipinski definition) is 5. The average molecular weight is 459 g/mol. The summed E-state index contributed by atoms with van der Waals surface area (Å²) in [6.07, 6.45) is 1.49. The predicted molar refractivity (Wildman–Crippen MR) is 122 cm³/mol. The standard InChI is InChI=1S/C23H20Cl2N2O4/c1-29-21-10-8-16(12-22(21)30-2)23(28)27-26-13-15-7-9-20(19(25)11-15)31-14-17-5-3-4-6-18(17)24/h3-13H,14H2,1-2H3,(H,27,28)/b26-13+. The zero-order valence-electron chi connectivity index (χ0n) is 16.9. The Balaban J connectivity index is 1.60. The highest BCUT2D eigenvalue weighted by atomic mass is 35.5. The van der Waals surface area contributed by atoms with Gasteiger partial charge in [-0.15, -0.1) is 0 Å². The van der Waals surface area contributed by atoms with Crippen molar-refractivity contribution in [1.29, 1.82) is 0 Å². The number of halogens is 2. The van der Waals surface area contributed by atoms with Gasteiger partial charge >= 0.3 is 0 Å². The minimum Gasteiger partial charge on any atom is -0.493 e. The number of amides is 1. The maximum absolute atomic E-state index is 12.3. The highest BCUT2D eigenvalue weighted by Crippen LogP contribution is 2.28. The number of nitrogens with one attached hydrogen (secondary N) is 1. The van der Waals surface area contributed by atoms with Gasteiger partial charge in [0, 0.05) is 16.1 Å². The van der Waals surface area contributed by atoms with Crippen LogP contribution in [0.5, 0.6) is 17.2 Å². The molecule has 0 bridgehead atoms. The zero-order chi connectivity index (χ0) is 22.2. The van der Waals surface area contributed by atoms with Crippen LogP contribution in [-0.2, 0) is 6.61 Å². The number of benzene rings is 3. The van der Waals surface area contributed by atoms with E-state index < -0.39 is 0 Å². The van der Waals surface area contributed by atoms with E-state index in [-0.39, 0.29) is 5.91 Å². The second-order valence-corrected chi connectivity index (χ2v) is 7.15. The third kappa shape index (κ3) is 5.90. The van der Waals surface area contributed by atoms with E-state index in [4.69, 9.17) is 37.4 Å². The number of carbonyl (C=O) groups is 1. The Morgan fingerprint density at radius 3 is 2.39 bits per heavy atom. The molecule has 3 rings (SSSR count). The maximum atomic E-state index is 12.3. The van der Waals surface area contributed by atoms with Gasteiger partial charge in [0.15, 0.2) is 11.5 Å². The monoisotopic (exact) mass is 458 g/mol. The van der Waals surface area contributed by atoms with Crippen molar-refractivity contribution in [3.8, 4) is 17.2 Å². The molecular formula is C23H20Cl2N2O4. The molecule has 31 heavy (non-hydrogen) atoms. The van der Waals surface area contributed by atoms with Gasteiger partial charge < -0.3 is 14.2 Å². The molecule has 0 radical (unpaired) electrons. The Kier molecular flexibility index (Phi) is 7.76. The fourth-order valence-electron chi connectivity index (χ4n) is 2.69. The normalized spacial score (nSPS) is 10.7. The summed E-state index contributed by atoms with van der Waals surface area (Å²) in [5.74, 6) is 1.13. The summed E-state index contributed by atoms with van der Waals surface area (Å²) in [6, 6.07) is 17.5. The first-order chi connectivity index (χ1) is 15.0. The van der Waals surface area contributed by atoms with Crippen LogP contribution in [0.2, 0.25) is 10.0 Å². The van der Waals surface area contributed by atoms with Crippen LogP contribution < -0.4 is 19.6 Å². The van der Waals surface area contributed by atoms with E-state index >= 15 is 0 Å². The molecule has 0 aliphatic rings. The van der Waals surface area contributed by atoms with Crippen molar-refractivity contribution in [2.45, 2.75) is 6.61 Å². The Bertz CT molecular complexity index is 1100. The fraction of sp³-hybridized carbons (Fsp3) is 0.130. The first-order valence-electron chi connectivity index (χ1n) is 9.23. The van der Waals surface area contributed by atoms with E-state index in [1.807, 2.05) is 18.2 Å². The SMILES string of the molecule is COc1ccc(C(=O)N/N=C/c2ccc(OCc3ccccc3Cl)c(Cl)c2)cc1OC. The molecule has 0 unspecified atom stereocenters. The zero-order valence-corrected chi connectivity index (χ0v) is 18.4. The van der Waals surface area contributed by atoms with Crippen LogP contribution in [0.4, 0.5) is 0 Å². The van der Waals surface area contributed by atoms with Crippen molar-refractivity contribution in [1.82, 2.24) is 5.43 Å². The summed E-state index contributed by atoms with van der Waals surface area (Å²) in [5.41, 5.74) is 4.42. The lowest BCUT2D eigenvalue weighted by molar-refractivity contribution is 0.0954. The molecule has 0 atom stereocenters. The molecule has 1 amide bonds. The first kappa shape index (κ1) is 22.5. The number of rotatable bonds is 8. The van der Waals surface area contributed by atoms with E-state index in [9.17, 15) is 4.79 Å². The van der Waals surface area contributed by atoms with E-state index in [1.165, 1.54) is 20.4 Å². The average Bonchev–Trinajstić information content (AvgIpc) is 2.79. The van der Waals surface area contributed by atoms with Crippen LogP contribution in [0.15, 0.2) is 65.8 Å². The molecule has 0 fully saturated rings. The smallest absolute Gasteiger partial charge is 0.271 e. The second-order valence-electron chi connectivity index (χ2n) is 6.34. The topological polar surface area (TPSA) is 69.2 Å². The Morgan fingerprint density at radius 2 is 1.68 bits per heavy atom. The predicted octanol–water partition coefficient (Wildman–Crippen LogP) is 5.35. The molecule has 3 aromatic rings. The highest BCUT2D eigenvalue weighted by molar-refractivity contribution is 6.32. The minimum absolute atomic E-state index is 0.300. The summed E-state index contributed by atoms with van der Waals surface area (Å²) in [6.45, 7) is 0.300. The summed E-state index contributed by atoms with van der Waals surface area (Å²) >= 11 is 12.4. The van der Waals surface area contributed by atoms with Gasteiger partial charge in [0.05, 0.1) is 25.5 Å². The van der Waals surface area contributed by atoms with Crippen molar-refractivity contribution in [2.24, 2.45) is 5.10 Å². The molecule has 0 spiro atoms. The van der Waals surface area contributed by atoms with Gasteiger partial charge in [-0.25, -0.2) is 5.43 Å². The van der Waals surface area contributed by atoms with Crippen LogP contribution >= 0.6 is 23.2 Å². The molecule has 0 aliphatic carbocycles. The molecule has 0 aromatic heterocycles. The molecule has 160 valence electrons. The van der Waals surface area contributed by atoms with Crippen molar-refractivity contribution in [3.05, 3.63) is 87.4 Å². The molecule has 0 saturated heterocycles. The van der Waals surface area contributed by atoms with E-state index in [0.29, 0.717) is 45.0 Å². The van der Waals surface area contributed by atoms with Crippen molar-refractivity contribution in [3.63, 3.8) is 0 Å². The van der Waals surface area contributed by atoms with Gasteiger partial charge in [0.25, 0.3) is 5.91 Å². The number of carbonyl (C=O) groups excluding carboxylic acids is 1. The number of hydrazone groups is 1. The Labute approximate surface area is 190 Å². The van der Waals surface area contributed by atoms with Crippen LogP contribution in [0.1, 0.15) is 21.5 Å². The lowest BCUT2D eigenvalue weighted by Gasteiger charge is -2.10. The van der Waals surface area contributed by atoms with Gasteiger partial charge in [-0.3, -0.25) is 4.79 Å². The summed E-state index contributed by atoms with van der Waals surface area (Å²) in [7, 11) is 3.03. The first-order valence-corrected chi connectivity index (χ1v) is 9.98. The van der Waals surface area contributed by atoms with Gasteiger partial charge in [0.2, 0.25) is 0 Å². The molecule has 3 aromatic carbocycles. The molecule has 0 aliphatic heterocycles. The molecule has 0 heterocycles. The van der Waals surface area contributed by atoms with Crippen molar-refractivity contribution < 1.29 is 19.0 Å². The maximum Gasteiger partial charge on any atom is 0.271 e. The Hall–Kier alpha value is -3.22. The molecular weight excluding hydrogens is 439 g/mol. The van der Waals surface area contributed by atoms with Gasteiger partial charge in [-0.1, -0.05) is 41.4 Å². The minimum atomic E-state index is -0.386. The third-order valence-electron chi connectivity index (χ3n) is 4.32. The molecule has 8 heteroatoms. The lowest BCUT2D eigenvalue weighted by atomic mass is 10.2. The molecule has 6 nitrogen and oxygen atoms in total. The fourth-order valence-corrected chi connectivity index (χ4v) is 3.13. The van der Waals surface area contributed by atoms with Crippen LogP contribution in [0, 0.1) is 0 Å². The summed E-state index contributed by atoms with van der Waals surface area (Å²) in [5, 5.41) is 5.03. The van der Waals surface area contributed by atoms with Crippen molar-refractivity contribution >= 4 is 35.3 Å². The second kappa shape index (κ2) is 10.7. The van der Waals surface area contributed by atoms with Gasteiger partial charge in [-0.05, 0) is 48.0 Å². The lowest BCUT2D eigenvalue weighted by Crippen LogP contribution is -2.17. The van der Waals surface area contributed by atoms with Crippen LogP contribution in [0.25, 0.3) is 0 Å². The summed E-state index contributed by atoms with van der Waals surface area (Å²) < 4.78 is 16.1. The van der Waals surface area contributed by atoms with E-state index in [2.05, 4.69) is 10.5 Å². The molecule has 0 saturated carbocycles. The van der Waals surface area contributed by atoms with Gasteiger partial charge in [-0.2, -0.15) is 5.10 Å². The quantitative estimate of drug-likeness (QED) is 0.364. The number of ether oxygens (including phenoxy) is 3. The third-order valence-corrected chi connectivity index (χ3v) is 4.99. The van der Waals surface area contributed by atoms with Gasteiger partial charge in [0.1, 0.15) is 12.4 Å². The van der Waals surface area contributed by atoms with Crippen LogP contribution in [0.3, 0.4) is 0 Å². The number of nitrogens with zero attached hydrogens (tertiary/aromatic N) is 1. The highest BCUT2D eigenvalue weighted by Gasteiger charge is 2.10. The van der Waals surface area contributed by atoms with E-state index in [0.717, 1.165) is 5.56 Å².